The van der Waals surface area contributed by atoms with Gasteiger partial charge >= 0.3 is 0 Å². The molecular weight excluding hydrogens is 502 g/mol. The van der Waals surface area contributed by atoms with E-state index in [1.54, 1.807) is 0 Å². The van der Waals surface area contributed by atoms with E-state index in [1.165, 1.54) is 0 Å². The molecule has 4 aromatic carbocycles. The summed E-state index contributed by atoms with van der Waals surface area (Å²) in [6.45, 7) is -0.619. The average molecular weight is 540 g/mol. The van der Waals surface area contributed by atoms with E-state index in [1.807, 2.05) is 121 Å². The Kier molecular flexibility index (Phi) is 7.93. The molecule has 0 aliphatic carbocycles. The second-order valence-electron chi connectivity index (χ2n) is 11.1. The van der Waals surface area contributed by atoms with Crippen molar-refractivity contribution in [2.24, 2.45) is 0 Å². The molecule has 0 spiro atoms. The second-order valence-corrected chi connectivity index (χ2v) is 11.1. The summed E-state index contributed by atoms with van der Waals surface area (Å²) in [7, 11) is 0. The molecule has 0 saturated carbocycles. The first-order valence-electron chi connectivity index (χ1n) is 13.6. The number of piperidine rings is 1. The van der Waals surface area contributed by atoms with Crippen LogP contribution in [-0.2, 0) is 25.7 Å². The number of rotatable bonds is 9. The third-order valence-corrected chi connectivity index (χ3v) is 8.42. The molecule has 4 aromatic rings. The Bertz CT molecular complexity index is 1330. The highest BCUT2D eigenvalue weighted by molar-refractivity contribution is 5.36. The molecule has 1 aliphatic heterocycles. The van der Waals surface area contributed by atoms with E-state index in [2.05, 4.69) is 5.32 Å². The third kappa shape index (κ3) is 5.10. The Labute approximate surface area is 235 Å². The summed E-state index contributed by atoms with van der Waals surface area (Å²) in [5.74, 6) is 0. The van der Waals surface area contributed by atoms with E-state index >= 15 is 0 Å². The van der Waals surface area contributed by atoms with Gasteiger partial charge in [0.2, 0.25) is 0 Å². The first kappa shape index (κ1) is 28.2. The quantitative estimate of drug-likeness (QED) is 0.195. The average Bonchev–Trinajstić information content (AvgIpc) is 2.97. The lowest BCUT2D eigenvalue weighted by molar-refractivity contribution is -0.321. The molecule has 0 radical (unpaired) electrons. The highest BCUT2D eigenvalue weighted by Gasteiger charge is 2.72. The molecule has 6 N–H and O–H groups in total. The Balaban J connectivity index is 1.72. The Hall–Kier alpha value is -3.36. The molecule has 6 heteroatoms. The van der Waals surface area contributed by atoms with Crippen LogP contribution < -0.4 is 5.32 Å². The molecule has 0 amide bonds. The molecule has 0 bridgehead atoms. The molecular formula is C34H37NO5. The molecule has 40 heavy (non-hydrogen) atoms. The summed E-state index contributed by atoms with van der Waals surface area (Å²) < 4.78 is 0. The van der Waals surface area contributed by atoms with Gasteiger partial charge in [0.05, 0.1) is 12.1 Å². The largest absolute Gasteiger partial charge is 0.394 e. The van der Waals surface area contributed by atoms with E-state index in [0.717, 1.165) is 11.1 Å². The van der Waals surface area contributed by atoms with Crippen molar-refractivity contribution in [1.29, 1.82) is 0 Å². The summed E-state index contributed by atoms with van der Waals surface area (Å²) in [4.78, 5) is 0. The number of nitrogens with one attached hydrogen (secondary N) is 1. The molecule has 1 saturated heterocycles. The fraction of sp³-hybridized carbons (Fsp3) is 0.294. The van der Waals surface area contributed by atoms with Crippen molar-refractivity contribution >= 4 is 0 Å². The summed E-state index contributed by atoms with van der Waals surface area (Å²) >= 11 is 0. The summed E-state index contributed by atoms with van der Waals surface area (Å²) in [5, 5.41) is 64.1. The number of benzene rings is 4. The van der Waals surface area contributed by atoms with Crippen molar-refractivity contribution in [1.82, 2.24) is 5.32 Å². The monoisotopic (exact) mass is 539 g/mol. The predicted octanol–water partition coefficient (Wildman–Crippen LogP) is 2.80. The fourth-order valence-corrected chi connectivity index (χ4v) is 6.39. The van der Waals surface area contributed by atoms with Gasteiger partial charge in [-0.15, -0.1) is 0 Å². The van der Waals surface area contributed by atoms with Crippen LogP contribution in [0.3, 0.4) is 0 Å². The van der Waals surface area contributed by atoms with Crippen LogP contribution in [0, 0.1) is 0 Å². The van der Waals surface area contributed by atoms with Crippen LogP contribution in [0.25, 0.3) is 0 Å². The molecule has 1 unspecified atom stereocenters. The van der Waals surface area contributed by atoms with Gasteiger partial charge in [0.15, 0.2) is 0 Å². The molecule has 1 aliphatic rings. The minimum absolute atomic E-state index is 0.0654. The Morgan fingerprint density at radius 1 is 0.525 bits per heavy atom. The van der Waals surface area contributed by atoms with E-state index in [9.17, 15) is 25.5 Å². The van der Waals surface area contributed by atoms with Gasteiger partial charge in [-0.2, -0.15) is 0 Å². The fourth-order valence-electron chi connectivity index (χ4n) is 6.39. The van der Waals surface area contributed by atoms with Gasteiger partial charge < -0.3 is 25.5 Å². The van der Waals surface area contributed by atoms with Crippen molar-refractivity contribution in [3.63, 3.8) is 0 Å². The molecule has 1 fully saturated rings. The van der Waals surface area contributed by atoms with Crippen molar-refractivity contribution in [2.75, 3.05) is 6.61 Å². The minimum atomic E-state index is -2.28. The molecule has 1 heterocycles. The van der Waals surface area contributed by atoms with E-state index in [-0.39, 0.29) is 25.7 Å². The van der Waals surface area contributed by atoms with Crippen LogP contribution in [0.15, 0.2) is 121 Å². The maximum atomic E-state index is 12.9. The number of aliphatic hydroxyl groups excluding tert-OH is 2. The topological polar surface area (TPSA) is 113 Å². The smallest absolute Gasteiger partial charge is 0.149 e. The van der Waals surface area contributed by atoms with Crippen LogP contribution in [0.1, 0.15) is 22.3 Å². The van der Waals surface area contributed by atoms with Crippen LogP contribution in [0.4, 0.5) is 0 Å². The van der Waals surface area contributed by atoms with Gasteiger partial charge in [0.1, 0.15) is 23.0 Å². The Morgan fingerprint density at radius 2 is 0.900 bits per heavy atom. The van der Waals surface area contributed by atoms with E-state index in [4.69, 9.17) is 0 Å². The van der Waals surface area contributed by atoms with Gasteiger partial charge in [-0.25, -0.2) is 0 Å². The van der Waals surface area contributed by atoms with Crippen LogP contribution in [0.5, 0.6) is 0 Å². The summed E-state index contributed by atoms with van der Waals surface area (Å²) in [6.07, 6.45) is -2.06. The zero-order valence-electron chi connectivity index (χ0n) is 22.4. The lowest BCUT2D eigenvalue weighted by Crippen LogP contribution is -2.90. The van der Waals surface area contributed by atoms with Gasteiger partial charge in [-0.05, 0) is 28.7 Å². The van der Waals surface area contributed by atoms with Gasteiger partial charge in [0.25, 0.3) is 0 Å². The highest BCUT2D eigenvalue weighted by Crippen LogP contribution is 2.49. The summed E-state index contributed by atoms with van der Waals surface area (Å²) in [6, 6.07) is 36.8. The first-order chi connectivity index (χ1) is 19.2. The first-order valence-corrected chi connectivity index (χ1v) is 13.6. The predicted molar refractivity (Wildman–Crippen MR) is 154 cm³/mol. The van der Waals surface area contributed by atoms with Gasteiger partial charge in [-0.3, -0.25) is 5.32 Å². The van der Waals surface area contributed by atoms with Crippen molar-refractivity contribution < 1.29 is 25.5 Å². The zero-order valence-corrected chi connectivity index (χ0v) is 22.4. The van der Waals surface area contributed by atoms with Gasteiger partial charge in [0, 0.05) is 19.3 Å². The van der Waals surface area contributed by atoms with Crippen molar-refractivity contribution in [2.45, 2.75) is 54.3 Å². The summed E-state index contributed by atoms with van der Waals surface area (Å²) in [5.41, 5.74) is -5.27. The Morgan fingerprint density at radius 3 is 1.32 bits per heavy atom. The third-order valence-electron chi connectivity index (χ3n) is 8.42. The minimum Gasteiger partial charge on any atom is -0.394 e. The van der Waals surface area contributed by atoms with Crippen LogP contribution in [0.2, 0.25) is 0 Å². The van der Waals surface area contributed by atoms with Crippen LogP contribution >= 0.6 is 0 Å². The molecule has 5 rings (SSSR count). The maximum absolute atomic E-state index is 12.9. The lowest BCUT2D eigenvalue weighted by atomic mass is 9.55. The normalized spacial score (nSPS) is 30.2. The van der Waals surface area contributed by atoms with Crippen molar-refractivity contribution in [3.8, 4) is 0 Å². The highest BCUT2D eigenvalue weighted by atomic mass is 16.4. The number of aliphatic hydroxyl groups is 5. The molecule has 6 nitrogen and oxygen atoms in total. The standard InChI is InChI=1S/C34H37NO5/c36-25-31(21-26-13-5-1-6-14-26)34(40,24-29-19-11-4-12-20-29)32(38,22-27-15-7-2-8-16-27)30(37)33(39,35-31)23-28-17-9-3-10-18-28/h1-20,30,35-40H,21-25H2/t30-,31-,32-,33?,34-/m1/s1. The van der Waals surface area contributed by atoms with E-state index < -0.39 is 35.2 Å². The lowest BCUT2D eigenvalue weighted by Gasteiger charge is -2.65. The SMILES string of the molecule is OC[C@@]1(Cc2ccccc2)NC(O)(Cc2ccccc2)[C@H](O)[C@](O)(Cc2ccccc2)[C@@]1(O)Cc1ccccc1. The zero-order chi connectivity index (χ0) is 28.3. The van der Waals surface area contributed by atoms with E-state index in [0.29, 0.717) is 11.1 Å². The number of hydrogen-bond donors (Lipinski definition) is 6. The molecule has 0 aromatic heterocycles. The van der Waals surface area contributed by atoms with Gasteiger partial charge in [-0.1, -0.05) is 121 Å². The maximum Gasteiger partial charge on any atom is 0.149 e. The molecule has 208 valence electrons. The van der Waals surface area contributed by atoms with Crippen molar-refractivity contribution in [3.05, 3.63) is 144 Å². The van der Waals surface area contributed by atoms with Crippen LogP contribution in [-0.4, -0.2) is 60.7 Å². The number of hydrogen-bond acceptors (Lipinski definition) is 6. The second kappa shape index (κ2) is 11.3. The molecule has 5 atom stereocenters.